The zero-order chi connectivity index (χ0) is 24.3. The number of rotatable bonds is 13. The predicted octanol–water partition coefficient (Wildman–Crippen LogP) is 5.71. The molecule has 0 atom stereocenters. The lowest BCUT2D eigenvalue weighted by Crippen LogP contribution is -2.08. The Morgan fingerprint density at radius 3 is 2.17 bits per heavy atom. The maximum Gasteiger partial charge on any atom is 0.234 e. The fourth-order valence-corrected chi connectivity index (χ4v) is 5.34. The fourth-order valence-electron chi connectivity index (χ4n) is 2.81. The van der Waals surface area contributed by atoms with E-state index in [1.807, 2.05) is 67.2 Å². The summed E-state index contributed by atoms with van der Waals surface area (Å²) in [6.45, 7) is 4.45. The van der Waals surface area contributed by atoms with Crippen molar-refractivity contribution >= 4 is 51.1 Å². The summed E-state index contributed by atoms with van der Waals surface area (Å²) in [6, 6.07) is 15.8. The van der Waals surface area contributed by atoms with Gasteiger partial charge in [-0.25, -0.2) is 0 Å². The molecule has 8 nitrogen and oxygen atoms in total. The summed E-state index contributed by atoms with van der Waals surface area (Å²) in [5.74, 6) is 3.51. The molecule has 0 spiro atoms. The number of hydrogen-bond acceptors (Lipinski definition) is 11. The van der Waals surface area contributed by atoms with Gasteiger partial charge in [0.15, 0.2) is 13.1 Å². The molecule has 0 amide bonds. The first-order valence-corrected chi connectivity index (χ1v) is 13.8. The van der Waals surface area contributed by atoms with E-state index >= 15 is 0 Å². The molecule has 2 aromatic carbocycles. The van der Waals surface area contributed by atoms with Gasteiger partial charge in [0, 0.05) is 12.8 Å². The first-order chi connectivity index (χ1) is 17.1. The van der Waals surface area contributed by atoms with Crippen molar-refractivity contribution in [1.82, 2.24) is 20.4 Å². The zero-order valence-corrected chi connectivity index (χ0v) is 22.0. The van der Waals surface area contributed by atoms with E-state index in [1.54, 1.807) is 11.3 Å². The quantitative estimate of drug-likeness (QED) is 0.102. The van der Waals surface area contributed by atoms with Gasteiger partial charge in [-0.2, -0.15) is 16.8 Å². The molecule has 2 heterocycles. The van der Waals surface area contributed by atoms with Crippen LogP contribution in [0.5, 0.6) is 11.5 Å². The molecule has 0 aliphatic rings. The SMILES string of the molecule is Cc1ccc(O/C=N\c2nnc(CCSCCc3nnc(NCOc4ccc(C)cc4)s3)s2)cc1. The molecule has 2 aromatic heterocycles. The molecule has 0 aliphatic heterocycles. The van der Waals surface area contributed by atoms with Crippen LogP contribution in [0.15, 0.2) is 53.5 Å². The molecule has 4 aromatic rings. The average Bonchev–Trinajstić information content (AvgIpc) is 3.51. The first kappa shape index (κ1) is 25.1. The van der Waals surface area contributed by atoms with Crippen LogP contribution in [0, 0.1) is 13.8 Å². The van der Waals surface area contributed by atoms with Crippen molar-refractivity contribution in [1.29, 1.82) is 0 Å². The number of aromatic nitrogens is 4. The topological polar surface area (TPSA) is 94.4 Å². The van der Waals surface area contributed by atoms with Gasteiger partial charge in [-0.3, -0.25) is 0 Å². The average molecular weight is 527 g/mol. The Balaban J connectivity index is 1.09. The van der Waals surface area contributed by atoms with Crippen molar-refractivity contribution in [2.45, 2.75) is 26.7 Å². The highest BCUT2D eigenvalue weighted by Crippen LogP contribution is 2.21. The van der Waals surface area contributed by atoms with Crippen LogP contribution in [0.4, 0.5) is 10.3 Å². The monoisotopic (exact) mass is 526 g/mol. The lowest BCUT2D eigenvalue weighted by molar-refractivity contribution is 0.346. The molecule has 1 N–H and O–H groups in total. The van der Waals surface area contributed by atoms with Gasteiger partial charge in [0.1, 0.15) is 21.5 Å². The number of nitrogens with one attached hydrogen (secondary N) is 1. The molecule has 0 saturated heterocycles. The highest BCUT2D eigenvalue weighted by Gasteiger charge is 2.06. The van der Waals surface area contributed by atoms with Crippen LogP contribution in [0.2, 0.25) is 0 Å². The predicted molar refractivity (Wildman–Crippen MR) is 145 cm³/mol. The standard InChI is InChI=1S/C24H26N6O2S3/c1-17-3-7-19(8-4-17)31-15-25-23-29-27-21(34-23)11-13-33-14-12-22-28-30-24(35-22)26-16-32-20-9-5-18(2)6-10-20/h3-10,15H,11-14,16H2,1-2H3,(H,26,30)/b25-15-. The maximum atomic E-state index is 5.67. The third-order valence-electron chi connectivity index (χ3n) is 4.70. The van der Waals surface area contributed by atoms with E-state index in [2.05, 4.69) is 37.6 Å². The normalized spacial score (nSPS) is 11.1. The summed E-state index contributed by atoms with van der Waals surface area (Å²) in [6.07, 6.45) is 3.14. The zero-order valence-electron chi connectivity index (χ0n) is 19.5. The number of nitrogens with zero attached hydrogens (tertiary/aromatic N) is 5. The van der Waals surface area contributed by atoms with Crippen molar-refractivity contribution < 1.29 is 9.47 Å². The van der Waals surface area contributed by atoms with E-state index in [0.717, 1.165) is 51.0 Å². The van der Waals surface area contributed by atoms with Crippen molar-refractivity contribution in [3.63, 3.8) is 0 Å². The van der Waals surface area contributed by atoms with Gasteiger partial charge >= 0.3 is 0 Å². The van der Waals surface area contributed by atoms with E-state index in [1.165, 1.54) is 28.9 Å². The molecule has 35 heavy (non-hydrogen) atoms. The molecular weight excluding hydrogens is 501 g/mol. The first-order valence-electron chi connectivity index (χ1n) is 11.1. The Bertz CT molecular complexity index is 1210. The summed E-state index contributed by atoms with van der Waals surface area (Å²) in [7, 11) is 0. The third-order valence-corrected chi connectivity index (χ3v) is 7.52. The lowest BCUT2D eigenvalue weighted by atomic mass is 10.2. The lowest BCUT2D eigenvalue weighted by Gasteiger charge is -2.06. The minimum atomic E-state index is 0.360. The highest BCUT2D eigenvalue weighted by molar-refractivity contribution is 7.99. The minimum Gasteiger partial charge on any atom is -0.473 e. The number of aliphatic imine (C=N–C) groups is 1. The summed E-state index contributed by atoms with van der Waals surface area (Å²) >= 11 is 4.90. The summed E-state index contributed by atoms with van der Waals surface area (Å²) in [4.78, 5) is 4.24. The molecule has 0 saturated carbocycles. The van der Waals surface area contributed by atoms with E-state index in [4.69, 9.17) is 9.47 Å². The van der Waals surface area contributed by atoms with E-state index < -0.39 is 0 Å². The highest BCUT2D eigenvalue weighted by atomic mass is 32.2. The van der Waals surface area contributed by atoms with Crippen molar-refractivity contribution in [3.8, 4) is 11.5 Å². The van der Waals surface area contributed by atoms with Crippen LogP contribution in [0.25, 0.3) is 0 Å². The van der Waals surface area contributed by atoms with Crippen molar-refractivity contribution in [2.75, 3.05) is 23.6 Å². The molecule has 11 heteroatoms. The Hall–Kier alpha value is -3.02. The van der Waals surface area contributed by atoms with E-state index in [-0.39, 0.29) is 0 Å². The molecule has 4 rings (SSSR count). The van der Waals surface area contributed by atoms with Gasteiger partial charge in [0.05, 0.1) is 0 Å². The minimum absolute atomic E-state index is 0.360. The van der Waals surface area contributed by atoms with Crippen molar-refractivity contribution in [3.05, 3.63) is 69.7 Å². The largest absolute Gasteiger partial charge is 0.473 e. The number of anilines is 1. The number of hydrogen-bond donors (Lipinski definition) is 1. The van der Waals surface area contributed by atoms with Crippen molar-refractivity contribution in [2.24, 2.45) is 4.99 Å². The van der Waals surface area contributed by atoms with Gasteiger partial charge in [-0.15, -0.1) is 20.4 Å². The van der Waals surface area contributed by atoms with E-state index in [0.29, 0.717) is 11.9 Å². The molecule has 182 valence electrons. The molecule has 0 unspecified atom stereocenters. The fraction of sp³-hybridized carbons (Fsp3) is 0.292. The number of thioether (sulfide) groups is 1. The van der Waals surface area contributed by atoms with Crippen LogP contribution in [0.3, 0.4) is 0 Å². The maximum absolute atomic E-state index is 5.67. The van der Waals surface area contributed by atoms with Gasteiger partial charge in [-0.1, -0.05) is 58.1 Å². The summed E-state index contributed by atoms with van der Waals surface area (Å²) in [5.41, 5.74) is 2.39. The second-order valence-electron chi connectivity index (χ2n) is 7.54. The summed E-state index contributed by atoms with van der Waals surface area (Å²) in [5, 5.41) is 23.3. The summed E-state index contributed by atoms with van der Waals surface area (Å²) < 4.78 is 11.2. The number of benzene rings is 2. The third kappa shape index (κ3) is 8.61. The van der Waals surface area contributed by atoms with Crippen LogP contribution in [-0.4, -0.2) is 45.0 Å². The second-order valence-corrected chi connectivity index (χ2v) is 10.9. The molecule has 0 aliphatic carbocycles. The van der Waals surface area contributed by atoms with Crippen LogP contribution in [0.1, 0.15) is 21.1 Å². The van der Waals surface area contributed by atoms with Gasteiger partial charge in [0.2, 0.25) is 10.3 Å². The van der Waals surface area contributed by atoms with Gasteiger partial charge in [0.25, 0.3) is 0 Å². The Morgan fingerprint density at radius 1 is 0.829 bits per heavy atom. The Morgan fingerprint density at radius 2 is 1.46 bits per heavy atom. The van der Waals surface area contributed by atoms with Crippen LogP contribution >= 0.6 is 34.4 Å². The number of aryl methyl sites for hydroxylation is 4. The molecule has 0 bridgehead atoms. The van der Waals surface area contributed by atoms with Gasteiger partial charge < -0.3 is 14.8 Å². The van der Waals surface area contributed by atoms with Gasteiger partial charge in [-0.05, 0) is 49.6 Å². The molecule has 0 fully saturated rings. The van der Waals surface area contributed by atoms with E-state index in [9.17, 15) is 0 Å². The van der Waals surface area contributed by atoms with Crippen LogP contribution in [-0.2, 0) is 12.8 Å². The Labute approximate surface area is 216 Å². The molecule has 0 radical (unpaired) electrons. The Kier molecular flexibility index (Phi) is 9.44. The second kappa shape index (κ2) is 13.2. The van der Waals surface area contributed by atoms with Crippen LogP contribution < -0.4 is 14.8 Å². The smallest absolute Gasteiger partial charge is 0.234 e. The molecular formula is C24H26N6O2S3. The number of ether oxygens (including phenoxy) is 2.